The van der Waals surface area contributed by atoms with Gasteiger partial charge in [-0.3, -0.25) is 0 Å². The Kier molecular flexibility index (Phi) is 115. The van der Waals surface area contributed by atoms with Crippen LogP contribution in [0.4, 0.5) is 0 Å². The van der Waals surface area contributed by atoms with Crippen molar-refractivity contribution in [2.45, 2.75) is 0 Å². The third-order valence-electron chi connectivity index (χ3n) is 0. The quantitative estimate of drug-likeness (QED) is 0.374. The van der Waals surface area contributed by atoms with Crippen molar-refractivity contribution in [3.8, 4) is 0 Å². The molecule has 0 heterocycles. The Morgan fingerprint density at radius 3 is 1.00 bits per heavy atom. The van der Waals surface area contributed by atoms with E-state index in [4.69, 9.17) is 0 Å². The molecular weight excluding hydrogens is 548 g/mol. The van der Waals surface area contributed by atoms with E-state index in [0.29, 0.717) is 0 Å². The Hall–Kier alpha value is 3.04. The summed E-state index contributed by atoms with van der Waals surface area (Å²) in [7, 11) is 0. The first-order valence-electron chi connectivity index (χ1n) is 0. The van der Waals surface area contributed by atoms with E-state index < -0.39 is 0 Å². The maximum atomic E-state index is 0. The van der Waals surface area contributed by atoms with Gasteiger partial charge in [-0.2, -0.15) is 0 Å². The smallest absolute Gasteiger partial charge is 0 e. The normalized spacial score (nSPS) is 0. The molecular formula is HfMoNbTa. The summed E-state index contributed by atoms with van der Waals surface area (Å²) < 4.78 is 0. The van der Waals surface area contributed by atoms with Crippen LogP contribution in [0.15, 0.2) is 0 Å². The van der Waals surface area contributed by atoms with Crippen molar-refractivity contribution >= 4 is 0 Å². The van der Waals surface area contributed by atoms with Gasteiger partial charge < -0.3 is 0 Å². The van der Waals surface area contributed by atoms with Crippen molar-refractivity contribution in [3.63, 3.8) is 0 Å². The first-order chi connectivity index (χ1) is 0. The van der Waals surface area contributed by atoms with Gasteiger partial charge >= 0.3 is 0 Å². The molecule has 0 aromatic rings. The zero-order chi connectivity index (χ0) is 0. The van der Waals surface area contributed by atoms with Crippen LogP contribution in [0.3, 0.4) is 0 Å². The fourth-order valence-corrected chi connectivity index (χ4v) is 0. The molecule has 0 saturated carbocycles. The van der Waals surface area contributed by atoms with Crippen molar-refractivity contribution in [3.05, 3.63) is 0 Å². The van der Waals surface area contributed by atoms with Crippen molar-refractivity contribution in [1.29, 1.82) is 0 Å². The number of rotatable bonds is 0. The number of hydrogen-bond donors (Lipinski definition) is 0. The van der Waals surface area contributed by atoms with Crippen LogP contribution in [-0.2, 0) is 91.7 Å². The molecule has 0 rings (SSSR count). The molecule has 0 saturated heterocycles. The van der Waals surface area contributed by atoms with Crippen LogP contribution in [0.1, 0.15) is 0 Å². The minimum absolute atomic E-state index is 0. The van der Waals surface area contributed by atoms with E-state index >= 15 is 0 Å². The Morgan fingerprint density at radius 2 is 1.00 bits per heavy atom. The zero-order valence-electron chi connectivity index (χ0n) is 1.80. The summed E-state index contributed by atoms with van der Waals surface area (Å²) in [6, 6.07) is 0. The second-order valence-corrected chi connectivity index (χ2v) is 0. The largest absolute Gasteiger partial charge is 0 e. The maximum absolute atomic E-state index is 0. The van der Waals surface area contributed by atoms with Crippen LogP contribution >= 0.6 is 0 Å². The predicted octanol–water partition coefficient (Wildman–Crippen LogP) is -0.0100. The van der Waals surface area contributed by atoms with Crippen LogP contribution in [0.2, 0.25) is 0 Å². The summed E-state index contributed by atoms with van der Waals surface area (Å²) in [6.45, 7) is 0. The topological polar surface area (TPSA) is 0 Å². The van der Waals surface area contributed by atoms with Crippen LogP contribution in [0.5, 0.6) is 0 Å². The van der Waals surface area contributed by atoms with Gasteiger partial charge in [0.1, 0.15) is 0 Å². The van der Waals surface area contributed by atoms with Gasteiger partial charge in [0.05, 0.1) is 0 Å². The monoisotopic (exact) mass is 552 g/mol. The Balaban J connectivity index is 0. The molecule has 0 aliphatic carbocycles. The summed E-state index contributed by atoms with van der Waals surface area (Å²) >= 11 is 0. The SMILES string of the molecule is [Hf].[Mo].[Nb].[Ta]. The standard InChI is InChI=1S/Hf.Mo.Nb.Ta. The summed E-state index contributed by atoms with van der Waals surface area (Å²) in [5, 5.41) is 0. The first-order valence-corrected chi connectivity index (χ1v) is 0. The van der Waals surface area contributed by atoms with Crippen LogP contribution < -0.4 is 0 Å². The van der Waals surface area contributed by atoms with Crippen LogP contribution in [0.25, 0.3) is 0 Å². The second-order valence-electron chi connectivity index (χ2n) is 0. The molecule has 4 heavy (non-hydrogen) atoms. The fraction of sp³-hybridized carbons (Fsp3) is 0. The van der Waals surface area contributed by atoms with Gasteiger partial charge in [-0.1, -0.05) is 0 Å². The molecule has 0 fully saturated rings. The van der Waals surface area contributed by atoms with Crippen LogP contribution in [-0.4, -0.2) is 0 Å². The molecule has 0 aromatic heterocycles. The van der Waals surface area contributed by atoms with E-state index in [2.05, 4.69) is 0 Å². The molecule has 0 bridgehead atoms. The minimum atomic E-state index is 0. The summed E-state index contributed by atoms with van der Waals surface area (Å²) in [4.78, 5) is 0. The molecule has 4 heteroatoms. The average Bonchev–Trinajstić information content (AvgIpc) is 0. The maximum Gasteiger partial charge on any atom is 0 e. The molecule has 0 nitrogen and oxygen atoms in total. The number of hydrogen-bond acceptors (Lipinski definition) is 0. The Bertz CT molecular complexity index is 8.00. The molecule has 0 atom stereocenters. The Morgan fingerprint density at radius 1 is 1.00 bits per heavy atom. The van der Waals surface area contributed by atoms with E-state index in [0.717, 1.165) is 0 Å². The van der Waals surface area contributed by atoms with Crippen LogP contribution in [0, 0.1) is 0 Å². The second kappa shape index (κ2) is 16.6. The van der Waals surface area contributed by atoms with Crippen molar-refractivity contribution in [2.24, 2.45) is 0 Å². The molecule has 20 valence electrons. The molecule has 0 spiro atoms. The van der Waals surface area contributed by atoms with Gasteiger partial charge in [0.2, 0.25) is 0 Å². The average molecular weight is 548 g/mol. The van der Waals surface area contributed by atoms with Gasteiger partial charge in [-0.05, 0) is 0 Å². The molecule has 0 unspecified atom stereocenters. The third kappa shape index (κ3) is 8.90. The molecule has 2 radical (unpaired) electrons. The fourth-order valence-electron chi connectivity index (χ4n) is 0. The first kappa shape index (κ1) is 27.8. The van der Waals surface area contributed by atoms with Crippen molar-refractivity contribution < 1.29 is 91.7 Å². The van der Waals surface area contributed by atoms with E-state index in [1.54, 1.807) is 0 Å². The van der Waals surface area contributed by atoms with Gasteiger partial charge in [0.15, 0.2) is 0 Å². The van der Waals surface area contributed by atoms with E-state index in [1.165, 1.54) is 0 Å². The summed E-state index contributed by atoms with van der Waals surface area (Å²) in [5.74, 6) is 0. The van der Waals surface area contributed by atoms with E-state index in [1.807, 2.05) is 0 Å². The molecule has 0 aliphatic rings. The van der Waals surface area contributed by atoms with Gasteiger partial charge in [0, 0.05) is 91.7 Å². The van der Waals surface area contributed by atoms with Crippen molar-refractivity contribution in [1.82, 2.24) is 0 Å². The van der Waals surface area contributed by atoms with E-state index in [-0.39, 0.29) is 91.7 Å². The van der Waals surface area contributed by atoms with Crippen molar-refractivity contribution in [2.75, 3.05) is 0 Å². The zero-order valence-corrected chi connectivity index (χ0v) is 12.8. The molecule has 0 amide bonds. The van der Waals surface area contributed by atoms with Gasteiger partial charge in [-0.25, -0.2) is 0 Å². The molecule has 0 aliphatic heterocycles. The summed E-state index contributed by atoms with van der Waals surface area (Å²) in [5.41, 5.74) is 0. The van der Waals surface area contributed by atoms with Gasteiger partial charge in [-0.15, -0.1) is 0 Å². The molecule has 0 N–H and O–H groups in total. The Labute approximate surface area is 89.9 Å². The molecule has 0 aromatic carbocycles. The third-order valence-corrected chi connectivity index (χ3v) is 0. The predicted molar refractivity (Wildman–Crippen MR) is 0 cm³/mol. The van der Waals surface area contributed by atoms with Gasteiger partial charge in [0.25, 0.3) is 0 Å². The minimum Gasteiger partial charge on any atom is 0 e. The van der Waals surface area contributed by atoms with E-state index in [9.17, 15) is 0 Å². The summed E-state index contributed by atoms with van der Waals surface area (Å²) in [6.07, 6.45) is 0.